The fourth-order valence-electron chi connectivity index (χ4n) is 5.32. The predicted octanol–water partition coefficient (Wildman–Crippen LogP) is 5.40. The lowest BCUT2D eigenvalue weighted by Crippen LogP contribution is -2.44. The number of carbonyl (C=O) groups is 1. The van der Waals surface area contributed by atoms with Gasteiger partial charge in [0, 0.05) is 23.0 Å². The number of nitrogens with one attached hydrogen (secondary N) is 1. The van der Waals surface area contributed by atoms with Gasteiger partial charge in [0.1, 0.15) is 6.04 Å². The van der Waals surface area contributed by atoms with Crippen LogP contribution in [0, 0.1) is 5.92 Å². The van der Waals surface area contributed by atoms with Crippen molar-refractivity contribution in [3.63, 3.8) is 0 Å². The molecule has 8 heteroatoms. The fourth-order valence-corrected chi connectivity index (χ4v) is 7.83. The van der Waals surface area contributed by atoms with E-state index in [1.54, 1.807) is 18.3 Å². The van der Waals surface area contributed by atoms with Gasteiger partial charge in [-0.3, -0.25) is 4.79 Å². The number of thiazole rings is 1. The largest absolute Gasteiger partial charge is 0.333 e. The molecule has 6 nitrogen and oxygen atoms in total. The molecule has 3 aliphatic rings. The second kappa shape index (κ2) is 9.91. The summed E-state index contributed by atoms with van der Waals surface area (Å²) in [5, 5.41) is 5.06. The van der Waals surface area contributed by atoms with Crippen LogP contribution in [-0.4, -0.2) is 35.5 Å². The summed E-state index contributed by atoms with van der Waals surface area (Å²) in [5.74, 6) is 0.360. The van der Waals surface area contributed by atoms with Crippen LogP contribution in [0.5, 0.6) is 0 Å². The summed E-state index contributed by atoms with van der Waals surface area (Å²) in [5.41, 5.74) is 1.32. The van der Waals surface area contributed by atoms with Crippen LogP contribution in [0.15, 0.2) is 46.6 Å². The first-order valence-electron chi connectivity index (χ1n) is 11.7. The minimum absolute atomic E-state index is 0.116. The van der Waals surface area contributed by atoms with Crippen molar-refractivity contribution < 1.29 is 13.2 Å². The fraction of sp³-hybridized carbons (Fsp3) is 0.583. The molecule has 174 valence electrons. The van der Waals surface area contributed by atoms with Gasteiger partial charge >= 0.3 is 0 Å². The first-order chi connectivity index (χ1) is 15.4. The summed E-state index contributed by atoms with van der Waals surface area (Å²) in [6.07, 6.45) is 15.1. The Balaban J connectivity index is 1.58. The van der Waals surface area contributed by atoms with Crippen molar-refractivity contribution >= 4 is 32.2 Å². The van der Waals surface area contributed by atoms with Crippen molar-refractivity contribution in [2.24, 2.45) is 5.92 Å². The number of carbonyl (C=O) groups excluding carboxylic acids is 1. The van der Waals surface area contributed by atoms with Crippen LogP contribution in [-0.2, 0) is 14.6 Å². The van der Waals surface area contributed by atoms with Crippen LogP contribution >= 0.6 is 11.3 Å². The highest BCUT2D eigenvalue weighted by Gasteiger charge is 2.36. The van der Waals surface area contributed by atoms with Crippen LogP contribution < -0.4 is 5.32 Å². The molecule has 1 aromatic rings. The van der Waals surface area contributed by atoms with Gasteiger partial charge in [0.15, 0.2) is 15.0 Å². The van der Waals surface area contributed by atoms with E-state index in [9.17, 15) is 13.2 Å². The predicted molar refractivity (Wildman–Crippen MR) is 130 cm³/mol. The average Bonchev–Trinajstić information content (AvgIpc) is 3.48. The quantitative estimate of drug-likeness (QED) is 0.571. The molecule has 2 saturated carbocycles. The highest BCUT2D eigenvalue weighted by atomic mass is 32.2. The molecular formula is C24H33N3O3S2. The van der Waals surface area contributed by atoms with Crippen molar-refractivity contribution in [2.75, 3.05) is 5.32 Å². The van der Waals surface area contributed by atoms with Crippen molar-refractivity contribution in [1.82, 2.24) is 9.88 Å². The molecule has 1 aliphatic heterocycles. The number of hydrogen-bond donors (Lipinski definition) is 1. The van der Waals surface area contributed by atoms with Gasteiger partial charge in [-0.1, -0.05) is 51.5 Å². The molecular weight excluding hydrogens is 442 g/mol. The summed E-state index contributed by atoms with van der Waals surface area (Å²) in [6.45, 7) is 6.06. The van der Waals surface area contributed by atoms with E-state index in [4.69, 9.17) is 0 Å². The molecule has 0 aromatic carbocycles. The maximum absolute atomic E-state index is 13.4. The molecule has 1 N–H and O–H groups in total. The lowest BCUT2D eigenvalue weighted by Gasteiger charge is -2.38. The van der Waals surface area contributed by atoms with Gasteiger partial charge in [0.25, 0.3) is 0 Å². The maximum atomic E-state index is 13.4. The number of anilines is 1. The van der Waals surface area contributed by atoms with Gasteiger partial charge in [-0.15, -0.1) is 11.3 Å². The Labute approximate surface area is 195 Å². The Kier molecular flexibility index (Phi) is 7.20. The van der Waals surface area contributed by atoms with Crippen LogP contribution in [0.2, 0.25) is 0 Å². The minimum atomic E-state index is -3.38. The Morgan fingerprint density at radius 1 is 1.19 bits per heavy atom. The third-order valence-corrected chi connectivity index (χ3v) is 9.91. The zero-order valence-electron chi connectivity index (χ0n) is 18.8. The van der Waals surface area contributed by atoms with E-state index >= 15 is 0 Å². The van der Waals surface area contributed by atoms with Crippen molar-refractivity contribution in [3.05, 3.63) is 46.6 Å². The van der Waals surface area contributed by atoms with E-state index in [0.29, 0.717) is 21.7 Å². The summed E-state index contributed by atoms with van der Waals surface area (Å²) in [6, 6.07) is -0.447. The lowest BCUT2D eigenvalue weighted by molar-refractivity contribution is -0.120. The first kappa shape index (κ1) is 23.2. The third-order valence-electron chi connectivity index (χ3n) is 6.98. The van der Waals surface area contributed by atoms with Gasteiger partial charge in [0.2, 0.25) is 5.91 Å². The molecule has 0 saturated heterocycles. The number of amides is 1. The van der Waals surface area contributed by atoms with Crippen LogP contribution in [0.4, 0.5) is 5.13 Å². The molecule has 1 aromatic heterocycles. The molecule has 0 spiro atoms. The minimum Gasteiger partial charge on any atom is -0.333 e. The molecule has 32 heavy (non-hydrogen) atoms. The van der Waals surface area contributed by atoms with E-state index in [1.807, 2.05) is 17.2 Å². The summed E-state index contributed by atoms with van der Waals surface area (Å²) in [7, 11) is -3.38. The van der Waals surface area contributed by atoms with E-state index in [1.165, 1.54) is 30.6 Å². The second-order valence-electron chi connectivity index (χ2n) is 9.23. The monoisotopic (exact) mass is 475 g/mol. The van der Waals surface area contributed by atoms with E-state index in [0.717, 1.165) is 50.6 Å². The standard InChI is InChI=1S/C24H33N3O3S2/c1-17-14-21(32(29,30)20-10-6-7-11-20)15-18(2)27(17)22(16-19-8-4-3-5-9-19)23(28)26-24-25-12-13-31-24/h12-15,19-20,22H,1,3-11,16H2,2H3,(H,25,26,28). The molecule has 0 bridgehead atoms. The number of sulfone groups is 1. The topological polar surface area (TPSA) is 79.4 Å². The molecule has 0 radical (unpaired) electrons. The Bertz CT molecular complexity index is 999. The first-order valence-corrected chi connectivity index (χ1v) is 14.1. The van der Waals surface area contributed by atoms with Gasteiger partial charge < -0.3 is 10.2 Å². The van der Waals surface area contributed by atoms with Crippen molar-refractivity contribution in [2.45, 2.75) is 82.4 Å². The SMILES string of the molecule is C=C1C=C(S(=O)(=O)C2CCCC2)C=C(C)N1C(CC1CCCCC1)C(=O)Nc1nccs1. The zero-order chi connectivity index (χ0) is 22.7. The molecule has 2 aliphatic carbocycles. The van der Waals surface area contributed by atoms with Gasteiger partial charge in [-0.05, 0) is 44.3 Å². The van der Waals surface area contributed by atoms with E-state index < -0.39 is 15.9 Å². The lowest BCUT2D eigenvalue weighted by atomic mass is 9.84. The Morgan fingerprint density at radius 3 is 2.50 bits per heavy atom. The number of allylic oxidation sites excluding steroid dienone is 3. The summed E-state index contributed by atoms with van der Waals surface area (Å²) in [4.78, 5) is 19.8. The molecule has 2 heterocycles. The van der Waals surface area contributed by atoms with Crippen molar-refractivity contribution in [3.8, 4) is 0 Å². The number of rotatable bonds is 7. The highest BCUT2D eigenvalue weighted by molar-refractivity contribution is 7.96. The van der Waals surface area contributed by atoms with E-state index in [2.05, 4.69) is 16.9 Å². The summed E-state index contributed by atoms with van der Waals surface area (Å²) >= 11 is 1.39. The summed E-state index contributed by atoms with van der Waals surface area (Å²) < 4.78 is 26.3. The smallest absolute Gasteiger partial charge is 0.249 e. The molecule has 2 fully saturated rings. The molecule has 1 atom stereocenters. The number of hydrogen-bond acceptors (Lipinski definition) is 6. The maximum Gasteiger partial charge on any atom is 0.249 e. The van der Waals surface area contributed by atoms with Crippen LogP contribution in [0.3, 0.4) is 0 Å². The molecule has 1 amide bonds. The Hall–Kier alpha value is -1.93. The van der Waals surface area contributed by atoms with Crippen molar-refractivity contribution in [1.29, 1.82) is 0 Å². The number of aromatic nitrogens is 1. The second-order valence-corrected chi connectivity index (χ2v) is 12.3. The zero-order valence-corrected chi connectivity index (χ0v) is 20.4. The number of nitrogens with zero attached hydrogens (tertiary/aromatic N) is 2. The Morgan fingerprint density at radius 2 is 1.88 bits per heavy atom. The molecule has 4 rings (SSSR count). The van der Waals surface area contributed by atoms with E-state index in [-0.39, 0.29) is 11.2 Å². The molecule has 1 unspecified atom stereocenters. The van der Waals surface area contributed by atoms with Gasteiger partial charge in [0.05, 0.1) is 10.2 Å². The van der Waals surface area contributed by atoms with Gasteiger partial charge in [-0.2, -0.15) is 0 Å². The normalized spacial score (nSPS) is 21.9. The van der Waals surface area contributed by atoms with Gasteiger partial charge in [-0.25, -0.2) is 13.4 Å². The average molecular weight is 476 g/mol. The van der Waals surface area contributed by atoms with Crippen LogP contribution in [0.25, 0.3) is 0 Å². The third kappa shape index (κ3) is 5.01. The highest BCUT2D eigenvalue weighted by Crippen LogP contribution is 2.36. The van der Waals surface area contributed by atoms with Crippen LogP contribution in [0.1, 0.15) is 71.1 Å².